The lowest BCUT2D eigenvalue weighted by atomic mass is 9.62. The lowest BCUT2D eigenvalue weighted by Gasteiger charge is -2.42. The number of allylic oxidation sites excluding steroid dienone is 2. The fourth-order valence-corrected chi connectivity index (χ4v) is 2.97. The summed E-state index contributed by atoms with van der Waals surface area (Å²) in [5, 5.41) is 0. The lowest BCUT2D eigenvalue weighted by Crippen LogP contribution is -2.38. The zero-order chi connectivity index (χ0) is 8.88. The van der Waals surface area contributed by atoms with Crippen LogP contribution in [0.5, 0.6) is 0 Å². The number of Topliss-reactive ketones (excluding diaryl/α,β-unsaturated/α-hetero) is 1. The Morgan fingerprint density at radius 2 is 2.08 bits per heavy atom. The quantitative estimate of drug-likeness (QED) is 0.503. The minimum atomic E-state index is 0.338. The number of hydrogen-bond acceptors (Lipinski definition) is 1. The lowest BCUT2D eigenvalue weighted by molar-refractivity contribution is -0.121. The van der Waals surface area contributed by atoms with E-state index in [9.17, 15) is 4.79 Å². The molecule has 2 aliphatic carbocycles. The monoisotopic (exact) mass is 164 g/mol. The highest BCUT2D eigenvalue weighted by Gasteiger charge is 2.50. The summed E-state index contributed by atoms with van der Waals surface area (Å²) in [6.45, 7) is 6.53. The molecule has 2 saturated carbocycles. The second-order valence-corrected chi connectivity index (χ2v) is 4.39. The fraction of sp³-hybridized carbons (Fsp3) is 0.727. The van der Waals surface area contributed by atoms with Gasteiger partial charge < -0.3 is 0 Å². The van der Waals surface area contributed by atoms with E-state index in [-0.39, 0.29) is 0 Å². The second kappa shape index (κ2) is 2.45. The third-order valence-electron chi connectivity index (χ3n) is 3.54. The summed E-state index contributed by atoms with van der Waals surface area (Å²) in [6.07, 6.45) is 1.97. The summed E-state index contributed by atoms with van der Waals surface area (Å²) in [5.41, 5.74) is 2.82. The highest BCUT2D eigenvalue weighted by molar-refractivity contribution is 5.88. The maximum Gasteiger partial charge on any atom is 0.140 e. The first-order valence-electron chi connectivity index (χ1n) is 4.83. The van der Waals surface area contributed by atoms with Gasteiger partial charge in [0.05, 0.1) is 0 Å². The molecule has 12 heavy (non-hydrogen) atoms. The van der Waals surface area contributed by atoms with Crippen LogP contribution in [-0.4, -0.2) is 5.78 Å². The van der Waals surface area contributed by atoms with Crippen molar-refractivity contribution in [2.45, 2.75) is 33.6 Å². The molecule has 1 nitrogen and oxygen atoms in total. The van der Waals surface area contributed by atoms with Gasteiger partial charge in [0.1, 0.15) is 5.78 Å². The molecule has 2 aliphatic rings. The molecule has 2 fully saturated rings. The summed E-state index contributed by atoms with van der Waals surface area (Å²) in [5.74, 6) is 2.22. The molecule has 0 amide bonds. The average Bonchev–Trinajstić information content (AvgIpc) is 2.27. The second-order valence-electron chi connectivity index (χ2n) is 4.39. The van der Waals surface area contributed by atoms with Crippen LogP contribution in [0.25, 0.3) is 0 Å². The molecule has 0 aliphatic heterocycles. The van der Waals surface area contributed by atoms with Gasteiger partial charge in [0.25, 0.3) is 0 Å². The van der Waals surface area contributed by atoms with Crippen LogP contribution in [0.1, 0.15) is 33.6 Å². The zero-order valence-corrected chi connectivity index (χ0v) is 8.05. The Morgan fingerprint density at radius 3 is 2.67 bits per heavy atom. The minimum Gasteiger partial charge on any atom is -0.299 e. The van der Waals surface area contributed by atoms with Crippen molar-refractivity contribution in [1.82, 2.24) is 0 Å². The molecule has 0 aromatic carbocycles. The smallest absolute Gasteiger partial charge is 0.140 e. The van der Waals surface area contributed by atoms with Crippen LogP contribution in [0.3, 0.4) is 0 Å². The van der Waals surface area contributed by atoms with Gasteiger partial charge in [-0.05, 0) is 32.1 Å². The molecule has 0 radical (unpaired) electrons. The normalized spacial score (nSPS) is 39.4. The molecule has 0 N–H and O–H groups in total. The third kappa shape index (κ3) is 0.825. The Morgan fingerprint density at radius 1 is 1.42 bits per heavy atom. The van der Waals surface area contributed by atoms with Gasteiger partial charge in [-0.15, -0.1) is 0 Å². The third-order valence-corrected chi connectivity index (χ3v) is 3.54. The highest BCUT2D eigenvalue weighted by Crippen LogP contribution is 2.54. The van der Waals surface area contributed by atoms with E-state index in [0.717, 1.165) is 12.8 Å². The molecule has 0 heterocycles. The number of carbonyl (C=O) groups is 1. The van der Waals surface area contributed by atoms with E-state index in [0.29, 0.717) is 23.5 Å². The Balaban J connectivity index is 2.31. The SMILES string of the molecule is CC(C)=C1C(C)C2CCC(=O)C12. The van der Waals surface area contributed by atoms with E-state index in [1.807, 2.05) is 0 Å². The van der Waals surface area contributed by atoms with E-state index in [4.69, 9.17) is 0 Å². The predicted octanol–water partition coefficient (Wildman–Crippen LogP) is 2.57. The molecule has 1 heteroatoms. The maximum atomic E-state index is 11.5. The Bertz CT molecular complexity index is 258. The number of ketones is 1. The predicted molar refractivity (Wildman–Crippen MR) is 48.8 cm³/mol. The first-order valence-corrected chi connectivity index (χ1v) is 4.83. The van der Waals surface area contributed by atoms with Crippen LogP contribution in [0.2, 0.25) is 0 Å². The summed E-state index contributed by atoms with van der Waals surface area (Å²) >= 11 is 0. The van der Waals surface area contributed by atoms with E-state index in [1.165, 1.54) is 11.1 Å². The van der Waals surface area contributed by atoms with Gasteiger partial charge in [0, 0.05) is 12.3 Å². The van der Waals surface area contributed by atoms with Gasteiger partial charge >= 0.3 is 0 Å². The molecule has 66 valence electrons. The van der Waals surface area contributed by atoms with Crippen molar-refractivity contribution in [3.8, 4) is 0 Å². The number of carbonyl (C=O) groups excluding carboxylic acids is 1. The number of rotatable bonds is 0. The first kappa shape index (κ1) is 8.03. The summed E-state index contributed by atoms with van der Waals surface area (Å²) in [4.78, 5) is 11.5. The van der Waals surface area contributed by atoms with E-state index in [1.54, 1.807) is 0 Å². The van der Waals surface area contributed by atoms with Crippen molar-refractivity contribution in [3.05, 3.63) is 11.1 Å². The van der Waals surface area contributed by atoms with Gasteiger partial charge in [-0.3, -0.25) is 4.79 Å². The van der Waals surface area contributed by atoms with Crippen molar-refractivity contribution in [3.63, 3.8) is 0 Å². The van der Waals surface area contributed by atoms with Gasteiger partial charge in [-0.2, -0.15) is 0 Å². The van der Waals surface area contributed by atoms with Gasteiger partial charge in [-0.1, -0.05) is 18.1 Å². The highest BCUT2D eigenvalue weighted by atomic mass is 16.1. The largest absolute Gasteiger partial charge is 0.299 e. The van der Waals surface area contributed by atoms with Crippen LogP contribution < -0.4 is 0 Å². The Hall–Kier alpha value is -0.590. The van der Waals surface area contributed by atoms with Crippen LogP contribution >= 0.6 is 0 Å². The first-order chi connectivity index (χ1) is 5.63. The Labute approximate surface area is 73.8 Å². The standard InChI is InChI=1S/C11H16O/c1-6(2)10-7(3)8-4-5-9(12)11(8)10/h7-8,11H,4-5H2,1-3H3. The average molecular weight is 164 g/mol. The van der Waals surface area contributed by atoms with Crippen LogP contribution in [0.4, 0.5) is 0 Å². The van der Waals surface area contributed by atoms with E-state index < -0.39 is 0 Å². The zero-order valence-electron chi connectivity index (χ0n) is 8.05. The molecule has 0 aromatic rings. The molecular formula is C11H16O. The molecule has 0 spiro atoms. The van der Waals surface area contributed by atoms with Crippen molar-refractivity contribution >= 4 is 5.78 Å². The van der Waals surface area contributed by atoms with E-state index in [2.05, 4.69) is 20.8 Å². The number of fused-ring (bicyclic) bond motifs is 1. The van der Waals surface area contributed by atoms with Crippen molar-refractivity contribution < 1.29 is 4.79 Å². The molecule has 0 bridgehead atoms. The van der Waals surface area contributed by atoms with Crippen LogP contribution in [0, 0.1) is 17.8 Å². The van der Waals surface area contributed by atoms with Crippen molar-refractivity contribution in [2.75, 3.05) is 0 Å². The molecule has 3 unspecified atom stereocenters. The molecule has 0 aromatic heterocycles. The molecule has 2 rings (SSSR count). The number of hydrogen-bond donors (Lipinski definition) is 0. The van der Waals surface area contributed by atoms with Crippen LogP contribution in [0.15, 0.2) is 11.1 Å². The summed E-state index contributed by atoms with van der Waals surface area (Å²) in [7, 11) is 0. The van der Waals surface area contributed by atoms with Crippen molar-refractivity contribution in [1.29, 1.82) is 0 Å². The van der Waals surface area contributed by atoms with Crippen molar-refractivity contribution in [2.24, 2.45) is 17.8 Å². The summed E-state index contributed by atoms with van der Waals surface area (Å²) in [6, 6.07) is 0. The minimum absolute atomic E-state index is 0.338. The summed E-state index contributed by atoms with van der Waals surface area (Å²) < 4.78 is 0. The van der Waals surface area contributed by atoms with E-state index >= 15 is 0 Å². The molecular weight excluding hydrogens is 148 g/mol. The van der Waals surface area contributed by atoms with Gasteiger partial charge in [0.2, 0.25) is 0 Å². The molecule has 3 atom stereocenters. The fourth-order valence-electron chi connectivity index (χ4n) is 2.97. The molecule has 0 saturated heterocycles. The van der Waals surface area contributed by atoms with Gasteiger partial charge in [0.15, 0.2) is 0 Å². The van der Waals surface area contributed by atoms with Gasteiger partial charge in [-0.25, -0.2) is 0 Å². The maximum absolute atomic E-state index is 11.5. The van der Waals surface area contributed by atoms with Crippen LogP contribution in [-0.2, 0) is 4.79 Å². The topological polar surface area (TPSA) is 17.1 Å². The Kier molecular flexibility index (Phi) is 1.64.